The minimum Gasteiger partial charge on any atom is -0.472 e. The van der Waals surface area contributed by atoms with E-state index < -0.39 is 0 Å². The highest BCUT2D eigenvalue weighted by Gasteiger charge is 2.22. The van der Waals surface area contributed by atoms with E-state index in [0.29, 0.717) is 11.9 Å². The topological polar surface area (TPSA) is 79.0 Å². The van der Waals surface area contributed by atoms with Gasteiger partial charge in [-0.25, -0.2) is 9.97 Å². The summed E-state index contributed by atoms with van der Waals surface area (Å²) in [6.45, 7) is 5.32. The number of hydrogen-bond donors (Lipinski definition) is 2. The summed E-state index contributed by atoms with van der Waals surface area (Å²) in [5.74, 6) is 0.580. The fourth-order valence-electron chi connectivity index (χ4n) is 5.03. The Labute approximate surface area is 203 Å². The van der Waals surface area contributed by atoms with Gasteiger partial charge in [0.2, 0.25) is 5.88 Å². The largest absolute Gasteiger partial charge is 0.472 e. The van der Waals surface area contributed by atoms with Crippen molar-refractivity contribution in [2.75, 3.05) is 24.5 Å². The van der Waals surface area contributed by atoms with Crippen LogP contribution in [0.5, 0.6) is 5.88 Å². The van der Waals surface area contributed by atoms with Crippen molar-refractivity contribution in [3.05, 3.63) is 42.2 Å². The van der Waals surface area contributed by atoms with Crippen LogP contribution in [0.4, 0.5) is 5.13 Å². The van der Waals surface area contributed by atoms with Crippen LogP contribution in [-0.2, 0) is 0 Å². The van der Waals surface area contributed by atoms with Crippen LogP contribution in [0.25, 0.3) is 33.4 Å². The second-order valence-electron chi connectivity index (χ2n) is 9.34. The molecule has 2 saturated heterocycles. The van der Waals surface area contributed by atoms with Crippen LogP contribution in [0.15, 0.2) is 42.2 Å². The number of H-pyrrole nitrogens is 1. The Kier molecular flexibility index (Phi) is 5.93. The summed E-state index contributed by atoms with van der Waals surface area (Å²) in [6, 6.07) is 7.03. The average Bonchev–Trinajstić information content (AvgIpc) is 3.52. The Hall–Kier alpha value is -2.97. The molecule has 2 aliphatic rings. The van der Waals surface area contributed by atoms with Crippen molar-refractivity contribution in [3.8, 4) is 28.4 Å². The van der Waals surface area contributed by atoms with E-state index in [1.807, 2.05) is 6.20 Å². The van der Waals surface area contributed by atoms with Gasteiger partial charge in [-0.3, -0.25) is 4.98 Å². The molecule has 2 N–H and O–H groups in total. The zero-order valence-electron chi connectivity index (χ0n) is 19.5. The molecule has 2 atom stereocenters. The van der Waals surface area contributed by atoms with Crippen LogP contribution in [0.3, 0.4) is 0 Å². The molecule has 2 aliphatic heterocycles. The molecule has 0 spiro atoms. The summed E-state index contributed by atoms with van der Waals surface area (Å²) in [5.41, 5.74) is 5.06. The third kappa shape index (κ3) is 4.28. The zero-order chi connectivity index (χ0) is 22.9. The maximum Gasteiger partial charge on any atom is 0.233 e. The molecule has 0 aliphatic carbocycles. The minimum atomic E-state index is 0.148. The number of fused-ring (bicyclic) bond motifs is 1. The van der Waals surface area contributed by atoms with E-state index in [1.54, 1.807) is 23.7 Å². The molecule has 176 valence electrons. The van der Waals surface area contributed by atoms with Gasteiger partial charge >= 0.3 is 0 Å². The SMILES string of the molecule is C[C@@H]1CCCCN1c1nc(-c2ccc3[nH]cc(-c4cncc(OC5CCCNC5)n4)c3c2)cs1. The number of rotatable bonds is 5. The number of thiazole rings is 1. The molecule has 1 aromatic carbocycles. The number of nitrogens with one attached hydrogen (secondary N) is 2. The Morgan fingerprint density at radius 2 is 2.06 bits per heavy atom. The van der Waals surface area contributed by atoms with Gasteiger partial charge in [-0.05, 0) is 57.7 Å². The Morgan fingerprint density at radius 3 is 2.94 bits per heavy atom. The lowest BCUT2D eigenvalue weighted by Gasteiger charge is -2.33. The number of ether oxygens (including phenoxy) is 1. The predicted octanol–water partition coefficient (Wildman–Crippen LogP) is 5.26. The molecule has 1 unspecified atom stereocenters. The molecule has 0 saturated carbocycles. The summed E-state index contributed by atoms with van der Waals surface area (Å²) in [4.78, 5) is 20.1. The molecule has 7 nitrogen and oxygen atoms in total. The Morgan fingerprint density at radius 1 is 1.09 bits per heavy atom. The molecular weight excluding hydrogens is 444 g/mol. The summed E-state index contributed by atoms with van der Waals surface area (Å²) in [6.07, 6.45) is 11.6. The van der Waals surface area contributed by atoms with Gasteiger partial charge in [-0.1, -0.05) is 6.07 Å². The highest BCUT2D eigenvalue weighted by Crippen LogP contribution is 2.35. The van der Waals surface area contributed by atoms with Crippen LogP contribution in [0.2, 0.25) is 0 Å². The van der Waals surface area contributed by atoms with Crippen LogP contribution in [0.1, 0.15) is 39.0 Å². The van der Waals surface area contributed by atoms with Gasteiger partial charge in [-0.2, -0.15) is 0 Å². The Balaban J connectivity index is 1.29. The van der Waals surface area contributed by atoms with E-state index in [1.165, 1.54) is 19.3 Å². The van der Waals surface area contributed by atoms with Crippen molar-refractivity contribution in [3.63, 3.8) is 0 Å². The highest BCUT2D eigenvalue weighted by molar-refractivity contribution is 7.14. The van der Waals surface area contributed by atoms with Crippen LogP contribution in [0, 0.1) is 0 Å². The summed E-state index contributed by atoms with van der Waals surface area (Å²) < 4.78 is 6.11. The normalized spacial score (nSPS) is 21.1. The van der Waals surface area contributed by atoms with Gasteiger partial charge in [0, 0.05) is 52.7 Å². The van der Waals surface area contributed by atoms with Crippen molar-refractivity contribution in [1.82, 2.24) is 25.3 Å². The third-order valence-corrected chi connectivity index (χ3v) is 7.82. The maximum atomic E-state index is 6.11. The monoisotopic (exact) mass is 474 g/mol. The molecule has 0 amide bonds. The van der Waals surface area contributed by atoms with Crippen LogP contribution in [-0.4, -0.2) is 51.7 Å². The van der Waals surface area contributed by atoms with E-state index in [4.69, 9.17) is 14.7 Å². The highest BCUT2D eigenvalue weighted by atomic mass is 32.1. The lowest BCUT2D eigenvalue weighted by molar-refractivity contribution is 0.160. The van der Waals surface area contributed by atoms with Crippen molar-refractivity contribution < 1.29 is 4.74 Å². The standard InChI is InChI=1S/C26H30N6OS/c1-17-5-2-3-10-32(17)26-31-24(16-34-26)18-7-8-22-20(11-18)21(13-29-22)23-14-28-15-25(30-23)33-19-6-4-9-27-12-19/h7-8,11,13-17,19,27,29H,2-6,9-10,12H2,1H3/t17-,19?/m1/s1. The number of aromatic amines is 1. The first-order valence-electron chi connectivity index (χ1n) is 12.3. The van der Waals surface area contributed by atoms with Crippen LogP contribution >= 0.6 is 11.3 Å². The molecule has 2 fully saturated rings. The lowest BCUT2D eigenvalue weighted by Crippen LogP contribution is -2.37. The van der Waals surface area contributed by atoms with Crippen molar-refractivity contribution in [2.45, 2.75) is 51.2 Å². The Bertz CT molecular complexity index is 1280. The van der Waals surface area contributed by atoms with E-state index >= 15 is 0 Å². The second-order valence-corrected chi connectivity index (χ2v) is 10.2. The minimum absolute atomic E-state index is 0.148. The molecule has 8 heteroatoms. The van der Waals surface area contributed by atoms with Crippen molar-refractivity contribution >= 4 is 27.4 Å². The van der Waals surface area contributed by atoms with Gasteiger partial charge in [0.15, 0.2) is 5.13 Å². The molecule has 4 aromatic rings. The quantitative estimate of drug-likeness (QED) is 0.411. The first kappa shape index (κ1) is 21.6. The zero-order valence-corrected chi connectivity index (χ0v) is 20.3. The van der Waals surface area contributed by atoms with Gasteiger partial charge in [0.05, 0.1) is 23.8 Å². The molecular formula is C26H30N6OS. The third-order valence-electron chi connectivity index (χ3n) is 6.95. The predicted molar refractivity (Wildman–Crippen MR) is 138 cm³/mol. The number of aromatic nitrogens is 4. The van der Waals surface area contributed by atoms with Crippen molar-refractivity contribution in [2.24, 2.45) is 0 Å². The summed E-state index contributed by atoms with van der Waals surface area (Å²) in [5, 5.41) is 7.80. The number of anilines is 1. The fourth-order valence-corrected chi connectivity index (χ4v) is 5.99. The van der Waals surface area contributed by atoms with Gasteiger partial charge in [0.25, 0.3) is 0 Å². The number of hydrogen-bond acceptors (Lipinski definition) is 7. The van der Waals surface area contributed by atoms with E-state index in [0.717, 1.165) is 71.0 Å². The first-order chi connectivity index (χ1) is 16.7. The lowest BCUT2D eigenvalue weighted by atomic mass is 10.0. The molecule has 34 heavy (non-hydrogen) atoms. The van der Waals surface area contributed by atoms with Gasteiger partial charge < -0.3 is 19.9 Å². The second kappa shape index (κ2) is 9.35. The summed E-state index contributed by atoms with van der Waals surface area (Å²) >= 11 is 1.74. The van der Waals surface area contributed by atoms with E-state index in [-0.39, 0.29) is 6.10 Å². The number of benzene rings is 1. The smallest absolute Gasteiger partial charge is 0.233 e. The molecule has 5 heterocycles. The van der Waals surface area contributed by atoms with E-state index in [9.17, 15) is 0 Å². The molecule has 3 aromatic heterocycles. The fraction of sp³-hybridized carbons (Fsp3) is 0.423. The maximum absolute atomic E-state index is 6.11. The summed E-state index contributed by atoms with van der Waals surface area (Å²) in [7, 11) is 0. The molecule has 0 radical (unpaired) electrons. The molecule has 0 bridgehead atoms. The average molecular weight is 475 g/mol. The van der Waals surface area contributed by atoms with E-state index in [2.05, 4.69) is 50.7 Å². The molecule has 6 rings (SSSR count). The van der Waals surface area contributed by atoms with Crippen LogP contribution < -0.4 is 15.0 Å². The van der Waals surface area contributed by atoms with Crippen molar-refractivity contribution in [1.29, 1.82) is 0 Å². The number of nitrogens with zero attached hydrogens (tertiary/aromatic N) is 4. The van der Waals surface area contributed by atoms with Gasteiger partial charge in [0.1, 0.15) is 6.10 Å². The van der Waals surface area contributed by atoms with Gasteiger partial charge in [-0.15, -0.1) is 11.3 Å². The first-order valence-corrected chi connectivity index (χ1v) is 13.2. The number of piperidine rings is 2.